The average molecular weight is 290 g/mol. The smallest absolute Gasteiger partial charge is 0.303 e. The topological polar surface area (TPSA) is 113 Å². The molecule has 0 bridgehead atoms. The van der Waals surface area contributed by atoms with Crippen LogP contribution in [0, 0.1) is 10.1 Å². The summed E-state index contributed by atoms with van der Waals surface area (Å²) in [5.74, 6) is -1.12. The molecule has 2 N–H and O–H groups in total. The van der Waals surface area contributed by atoms with Gasteiger partial charge in [0.05, 0.1) is 15.8 Å². The Balaban J connectivity index is 2.20. The second-order valence-corrected chi connectivity index (χ2v) is 4.68. The number of nitro groups is 1. The first-order chi connectivity index (χ1) is 10.0. The molecule has 0 aliphatic rings. The van der Waals surface area contributed by atoms with E-state index in [-0.39, 0.29) is 29.9 Å². The number of ketones is 1. The summed E-state index contributed by atoms with van der Waals surface area (Å²) in [7, 11) is 0. The number of nitrogens with one attached hydrogen (secondary N) is 1. The highest BCUT2D eigenvalue weighted by molar-refractivity contribution is 6.10. The minimum atomic E-state index is -0.898. The summed E-state index contributed by atoms with van der Waals surface area (Å²) >= 11 is 0. The highest BCUT2D eigenvalue weighted by atomic mass is 16.6. The third-order valence-corrected chi connectivity index (χ3v) is 3.23. The number of carboxylic acids is 1. The van der Waals surface area contributed by atoms with Gasteiger partial charge >= 0.3 is 5.97 Å². The van der Waals surface area contributed by atoms with Crippen LogP contribution in [-0.4, -0.2) is 26.8 Å². The predicted octanol–water partition coefficient (Wildman–Crippen LogP) is 2.90. The van der Waals surface area contributed by atoms with Crippen molar-refractivity contribution < 1.29 is 19.6 Å². The zero-order valence-electron chi connectivity index (χ0n) is 11.2. The Labute approximate surface area is 119 Å². The van der Waals surface area contributed by atoms with E-state index in [1.165, 1.54) is 12.3 Å². The molecule has 0 aliphatic carbocycles. The number of H-pyrrole nitrogens is 1. The summed E-state index contributed by atoms with van der Waals surface area (Å²) in [6.07, 6.45) is 2.51. The third kappa shape index (κ3) is 3.25. The van der Waals surface area contributed by atoms with Crippen molar-refractivity contribution in [3.05, 3.63) is 40.1 Å². The van der Waals surface area contributed by atoms with Gasteiger partial charge in [-0.2, -0.15) is 0 Å². The number of rotatable bonds is 7. The van der Waals surface area contributed by atoms with E-state index in [2.05, 4.69) is 4.98 Å². The molecule has 1 aromatic heterocycles. The zero-order chi connectivity index (χ0) is 15.4. The molecule has 110 valence electrons. The number of aliphatic carboxylic acids is 1. The van der Waals surface area contributed by atoms with E-state index >= 15 is 0 Å². The van der Waals surface area contributed by atoms with Gasteiger partial charge in [-0.3, -0.25) is 19.7 Å². The molecule has 2 rings (SSSR count). The number of nitro benzene ring substituents is 1. The minimum absolute atomic E-state index is 0.0152. The fourth-order valence-corrected chi connectivity index (χ4v) is 2.23. The highest BCUT2D eigenvalue weighted by Gasteiger charge is 2.20. The van der Waals surface area contributed by atoms with Crippen LogP contribution >= 0.6 is 0 Å². The maximum atomic E-state index is 12.1. The molecule has 0 spiro atoms. The van der Waals surface area contributed by atoms with Gasteiger partial charge in [0.1, 0.15) is 0 Å². The molecule has 0 atom stereocenters. The quantitative estimate of drug-likeness (QED) is 0.352. The van der Waals surface area contributed by atoms with Gasteiger partial charge in [-0.05, 0) is 18.9 Å². The van der Waals surface area contributed by atoms with Crippen molar-refractivity contribution in [2.45, 2.75) is 25.7 Å². The maximum absolute atomic E-state index is 12.1. The molecule has 1 heterocycles. The Bertz CT molecular complexity index is 704. The number of carboxylic acid groups (broad SMARTS) is 1. The fraction of sp³-hybridized carbons (Fsp3) is 0.286. The number of aromatic nitrogens is 1. The van der Waals surface area contributed by atoms with Crippen molar-refractivity contribution in [2.24, 2.45) is 0 Å². The number of carbonyl (C=O) groups excluding carboxylic acids is 1. The number of Topliss-reactive ketones (excluding diaryl/α,β-unsaturated/α-hetero) is 1. The van der Waals surface area contributed by atoms with Crippen LogP contribution in [0.15, 0.2) is 24.4 Å². The van der Waals surface area contributed by atoms with E-state index < -0.39 is 10.9 Å². The first kappa shape index (κ1) is 14.7. The van der Waals surface area contributed by atoms with Crippen LogP contribution in [0.3, 0.4) is 0 Å². The lowest BCUT2D eigenvalue weighted by molar-refractivity contribution is -0.383. The predicted molar refractivity (Wildman–Crippen MR) is 75.4 cm³/mol. The van der Waals surface area contributed by atoms with Crippen molar-refractivity contribution in [3.8, 4) is 0 Å². The van der Waals surface area contributed by atoms with Crippen molar-refractivity contribution >= 4 is 28.3 Å². The zero-order valence-corrected chi connectivity index (χ0v) is 11.2. The Morgan fingerprint density at radius 3 is 2.62 bits per heavy atom. The van der Waals surface area contributed by atoms with Gasteiger partial charge in [0.25, 0.3) is 5.69 Å². The number of carbonyl (C=O) groups is 2. The standard InChI is InChI=1S/C14H14N2O5/c17-12(6-1-2-7-13(18)19)9-8-15-10-4-3-5-11(14(9)10)16(20)21/h3-5,8,15H,1-2,6-7H2,(H,18,19). The normalized spacial score (nSPS) is 10.7. The lowest BCUT2D eigenvalue weighted by Crippen LogP contribution is -2.01. The van der Waals surface area contributed by atoms with Gasteiger partial charge in [-0.15, -0.1) is 0 Å². The van der Waals surface area contributed by atoms with Crippen molar-refractivity contribution in [1.82, 2.24) is 4.98 Å². The van der Waals surface area contributed by atoms with E-state index in [9.17, 15) is 19.7 Å². The molecule has 0 saturated heterocycles. The molecule has 0 amide bonds. The van der Waals surface area contributed by atoms with Crippen LogP contribution < -0.4 is 0 Å². The molecular weight excluding hydrogens is 276 g/mol. The average Bonchev–Trinajstić information content (AvgIpc) is 2.86. The largest absolute Gasteiger partial charge is 0.481 e. The Kier molecular flexibility index (Phi) is 4.32. The second kappa shape index (κ2) is 6.17. The van der Waals surface area contributed by atoms with Gasteiger partial charge < -0.3 is 10.1 Å². The maximum Gasteiger partial charge on any atom is 0.303 e. The second-order valence-electron chi connectivity index (χ2n) is 4.68. The first-order valence-electron chi connectivity index (χ1n) is 6.50. The van der Waals surface area contributed by atoms with E-state index in [4.69, 9.17) is 5.11 Å². The van der Waals surface area contributed by atoms with Crippen molar-refractivity contribution in [1.29, 1.82) is 0 Å². The van der Waals surface area contributed by atoms with Gasteiger partial charge in [0.15, 0.2) is 5.78 Å². The SMILES string of the molecule is O=C(O)CCCCC(=O)c1c[nH]c2cccc([N+](=O)[O-])c12. The molecule has 0 saturated carbocycles. The Morgan fingerprint density at radius 1 is 1.24 bits per heavy atom. The number of fused-ring (bicyclic) bond motifs is 1. The number of non-ortho nitro benzene ring substituents is 1. The van der Waals surface area contributed by atoms with Crippen LogP contribution in [0.25, 0.3) is 10.9 Å². The van der Waals surface area contributed by atoms with Gasteiger partial charge in [0.2, 0.25) is 0 Å². The Hall–Kier alpha value is -2.70. The van der Waals surface area contributed by atoms with Crippen LogP contribution in [0.4, 0.5) is 5.69 Å². The summed E-state index contributed by atoms with van der Waals surface area (Å²) in [4.78, 5) is 35.9. The molecule has 1 aromatic carbocycles. The van der Waals surface area contributed by atoms with E-state index in [1.54, 1.807) is 12.1 Å². The molecule has 7 nitrogen and oxygen atoms in total. The number of aromatic amines is 1. The molecule has 0 radical (unpaired) electrons. The fourth-order valence-electron chi connectivity index (χ4n) is 2.23. The summed E-state index contributed by atoms with van der Waals surface area (Å²) < 4.78 is 0. The number of benzene rings is 1. The van der Waals surface area contributed by atoms with Crippen LogP contribution in [-0.2, 0) is 4.79 Å². The Morgan fingerprint density at radius 2 is 1.95 bits per heavy atom. The lowest BCUT2D eigenvalue weighted by atomic mass is 10.0. The number of hydrogen-bond acceptors (Lipinski definition) is 4. The summed E-state index contributed by atoms with van der Waals surface area (Å²) in [6, 6.07) is 4.58. The molecule has 2 aromatic rings. The van der Waals surface area contributed by atoms with Crippen molar-refractivity contribution in [2.75, 3.05) is 0 Å². The summed E-state index contributed by atoms with van der Waals surface area (Å²) in [5, 5.41) is 19.9. The van der Waals surface area contributed by atoms with Gasteiger partial charge in [-0.1, -0.05) is 6.07 Å². The van der Waals surface area contributed by atoms with Crippen LogP contribution in [0.1, 0.15) is 36.0 Å². The minimum Gasteiger partial charge on any atom is -0.481 e. The third-order valence-electron chi connectivity index (χ3n) is 3.23. The van der Waals surface area contributed by atoms with Crippen LogP contribution in [0.2, 0.25) is 0 Å². The van der Waals surface area contributed by atoms with Crippen molar-refractivity contribution in [3.63, 3.8) is 0 Å². The molecular formula is C14H14N2O5. The molecule has 7 heteroatoms. The number of hydrogen-bond donors (Lipinski definition) is 2. The van der Waals surface area contributed by atoms with E-state index in [0.29, 0.717) is 23.7 Å². The molecule has 21 heavy (non-hydrogen) atoms. The van der Waals surface area contributed by atoms with Gasteiger partial charge in [-0.25, -0.2) is 0 Å². The number of nitrogens with zero attached hydrogens (tertiary/aromatic N) is 1. The van der Waals surface area contributed by atoms with E-state index in [1.807, 2.05) is 0 Å². The lowest BCUT2D eigenvalue weighted by Gasteiger charge is -2.00. The molecule has 0 aliphatic heterocycles. The van der Waals surface area contributed by atoms with Gasteiger partial charge in [0, 0.05) is 30.7 Å². The monoisotopic (exact) mass is 290 g/mol. The molecule has 0 unspecified atom stereocenters. The summed E-state index contributed by atoms with van der Waals surface area (Å²) in [5.41, 5.74) is 0.716. The van der Waals surface area contributed by atoms with Crippen LogP contribution in [0.5, 0.6) is 0 Å². The van der Waals surface area contributed by atoms with E-state index in [0.717, 1.165) is 0 Å². The summed E-state index contributed by atoms with van der Waals surface area (Å²) in [6.45, 7) is 0. The first-order valence-corrected chi connectivity index (χ1v) is 6.50. The number of unbranched alkanes of at least 4 members (excludes halogenated alkanes) is 1. The highest BCUT2D eigenvalue weighted by Crippen LogP contribution is 2.29. The molecule has 0 fully saturated rings.